The van der Waals surface area contributed by atoms with Gasteiger partial charge < -0.3 is 5.73 Å². The predicted molar refractivity (Wildman–Crippen MR) is 64.4 cm³/mol. The second-order valence-electron chi connectivity index (χ2n) is 4.36. The van der Waals surface area contributed by atoms with Crippen molar-refractivity contribution >= 4 is 21.8 Å². The summed E-state index contributed by atoms with van der Waals surface area (Å²) in [5, 5.41) is 1.16. The van der Waals surface area contributed by atoms with Crippen LogP contribution in [0.15, 0.2) is 12.4 Å². The molecule has 4 nitrogen and oxygen atoms in total. The van der Waals surface area contributed by atoms with Crippen molar-refractivity contribution in [3.63, 3.8) is 0 Å². The smallest absolute Gasteiger partial charge is 0.189 e. The molecule has 2 unspecified atom stereocenters. The van der Waals surface area contributed by atoms with Gasteiger partial charge in [0, 0.05) is 24.4 Å². The average molecular weight is 234 g/mol. The second kappa shape index (κ2) is 4.07. The molecule has 2 heterocycles. The van der Waals surface area contributed by atoms with Gasteiger partial charge in [-0.25, -0.2) is 15.0 Å². The molecule has 1 saturated carbocycles. The van der Waals surface area contributed by atoms with Crippen LogP contribution in [-0.4, -0.2) is 21.0 Å². The van der Waals surface area contributed by atoms with Crippen molar-refractivity contribution in [3.8, 4) is 0 Å². The number of fused-ring (bicyclic) bond motifs is 1. The Kier molecular flexibility index (Phi) is 2.57. The molecule has 0 spiro atoms. The van der Waals surface area contributed by atoms with Gasteiger partial charge in [-0.1, -0.05) is 17.8 Å². The van der Waals surface area contributed by atoms with E-state index in [9.17, 15) is 0 Å². The Hall–Kier alpha value is -1.07. The summed E-state index contributed by atoms with van der Waals surface area (Å²) in [6, 6.07) is 0.340. The molecule has 84 valence electrons. The number of hydrogen-bond donors (Lipinski definition) is 1. The lowest BCUT2D eigenvalue weighted by molar-refractivity contribution is 0.393. The summed E-state index contributed by atoms with van der Waals surface area (Å²) in [6.45, 7) is 0. The zero-order valence-electron chi connectivity index (χ0n) is 8.97. The van der Waals surface area contributed by atoms with Crippen LogP contribution in [0.5, 0.6) is 0 Å². The van der Waals surface area contributed by atoms with Gasteiger partial charge in [-0.3, -0.25) is 0 Å². The van der Waals surface area contributed by atoms with E-state index in [4.69, 9.17) is 5.73 Å². The molecule has 2 aromatic heterocycles. The SMILES string of the molecule is NC1CCCC(c2nc3nccnc3s2)C1. The fourth-order valence-corrected chi connectivity index (χ4v) is 3.33. The van der Waals surface area contributed by atoms with Crippen LogP contribution in [0.2, 0.25) is 0 Å². The molecular formula is C11H14N4S. The molecule has 0 radical (unpaired) electrons. The Morgan fingerprint density at radius 1 is 1.25 bits per heavy atom. The first-order valence-electron chi connectivity index (χ1n) is 5.66. The van der Waals surface area contributed by atoms with Gasteiger partial charge in [0.25, 0.3) is 0 Å². The van der Waals surface area contributed by atoms with E-state index < -0.39 is 0 Å². The first-order valence-corrected chi connectivity index (χ1v) is 6.47. The van der Waals surface area contributed by atoms with Gasteiger partial charge in [-0.15, -0.1) is 0 Å². The molecule has 2 N–H and O–H groups in total. The molecular weight excluding hydrogens is 220 g/mol. The van der Waals surface area contributed by atoms with E-state index in [1.165, 1.54) is 12.8 Å². The van der Waals surface area contributed by atoms with E-state index in [-0.39, 0.29) is 0 Å². The Morgan fingerprint density at radius 3 is 2.94 bits per heavy atom. The van der Waals surface area contributed by atoms with Crippen molar-refractivity contribution in [2.24, 2.45) is 5.73 Å². The fraction of sp³-hybridized carbons (Fsp3) is 0.545. The third-order valence-corrected chi connectivity index (χ3v) is 4.24. The number of nitrogens with two attached hydrogens (primary N) is 1. The zero-order valence-corrected chi connectivity index (χ0v) is 9.78. The summed E-state index contributed by atoms with van der Waals surface area (Å²) >= 11 is 1.67. The molecule has 0 aromatic carbocycles. The highest BCUT2D eigenvalue weighted by molar-refractivity contribution is 7.18. The van der Waals surface area contributed by atoms with Crippen LogP contribution in [0, 0.1) is 0 Å². The summed E-state index contributed by atoms with van der Waals surface area (Å²) in [4.78, 5) is 14.0. The Morgan fingerprint density at radius 2 is 2.12 bits per heavy atom. The van der Waals surface area contributed by atoms with E-state index in [0.717, 1.165) is 28.3 Å². The average Bonchev–Trinajstić information content (AvgIpc) is 2.72. The zero-order chi connectivity index (χ0) is 11.0. The van der Waals surface area contributed by atoms with E-state index >= 15 is 0 Å². The fourth-order valence-electron chi connectivity index (χ4n) is 2.32. The highest BCUT2D eigenvalue weighted by Gasteiger charge is 2.23. The number of hydrogen-bond acceptors (Lipinski definition) is 5. The van der Waals surface area contributed by atoms with E-state index in [0.29, 0.717) is 12.0 Å². The Bertz CT molecular complexity index is 462. The van der Waals surface area contributed by atoms with Crippen molar-refractivity contribution in [2.45, 2.75) is 37.6 Å². The molecule has 5 heteroatoms. The van der Waals surface area contributed by atoms with Crippen LogP contribution in [0.25, 0.3) is 10.5 Å². The van der Waals surface area contributed by atoms with Crippen molar-refractivity contribution in [1.29, 1.82) is 0 Å². The van der Waals surface area contributed by atoms with Gasteiger partial charge in [0.05, 0.1) is 0 Å². The second-order valence-corrected chi connectivity index (χ2v) is 5.37. The molecule has 16 heavy (non-hydrogen) atoms. The van der Waals surface area contributed by atoms with Gasteiger partial charge in [0.15, 0.2) is 10.5 Å². The van der Waals surface area contributed by atoms with Crippen LogP contribution < -0.4 is 5.73 Å². The molecule has 0 bridgehead atoms. The lowest BCUT2D eigenvalue weighted by Gasteiger charge is -2.24. The number of thiazole rings is 1. The predicted octanol–water partition coefficient (Wildman–Crippen LogP) is 2.07. The molecule has 1 aliphatic rings. The summed E-state index contributed by atoms with van der Waals surface area (Å²) in [7, 11) is 0. The van der Waals surface area contributed by atoms with Gasteiger partial charge in [0.1, 0.15) is 5.01 Å². The number of rotatable bonds is 1. The molecule has 0 amide bonds. The van der Waals surface area contributed by atoms with E-state index in [1.807, 2.05) is 0 Å². The minimum atomic E-state index is 0.340. The maximum atomic E-state index is 6.00. The van der Waals surface area contributed by atoms with Gasteiger partial charge in [0.2, 0.25) is 0 Å². The summed E-state index contributed by atoms with van der Waals surface area (Å²) in [5.74, 6) is 0.518. The minimum Gasteiger partial charge on any atom is -0.328 e. The van der Waals surface area contributed by atoms with Crippen LogP contribution in [0.1, 0.15) is 36.6 Å². The highest BCUT2D eigenvalue weighted by atomic mass is 32.1. The van der Waals surface area contributed by atoms with E-state index in [1.54, 1.807) is 23.7 Å². The summed E-state index contributed by atoms with van der Waals surface area (Å²) in [5.41, 5.74) is 6.78. The maximum absolute atomic E-state index is 6.00. The Balaban J connectivity index is 1.93. The maximum Gasteiger partial charge on any atom is 0.189 e. The van der Waals surface area contributed by atoms with Crippen molar-refractivity contribution in [1.82, 2.24) is 15.0 Å². The van der Waals surface area contributed by atoms with Crippen LogP contribution in [0.4, 0.5) is 0 Å². The van der Waals surface area contributed by atoms with Crippen molar-refractivity contribution in [3.05, 3.63) is 17.4 Å². The van der Waals surface area contributed by atoms with Crippen molar-refractivity contribution < 1.29 is 0 Å². The number of nitrogens with zero attached hydrogens (tertiary/aromatic N) is 3. The van der Waals surface area contributed by atoms with Crippen LogP contribution >= 0.6 is 11.3 Å². The first-order chi connectivity index (χ1) is 7.83. The van der Waals surface area contributed by atoms with Gasteiger partial charge >= 0.3 is 0 Å². The third kappa shape index (κ3) is 1.81. The highest BCUT2D eigenvalue weighted by Crippen LogP contribution is 2.35. The normalized spacial score (nSPS) is 26.1. The van der Waals surface area contributed by atoms with E-state index in [2.05, 4.69) is 15.0 Å². The Labute approximate surface area is 97.9 Å². The summed E-state index contributed by atoms with van der Waals surface area (Å²) < 4.78 is 0. The molecule has 0 aliphatic heterocycles. The molecule has 2 atom stereocenters. The van der Waals surface area contributed by atoms with Gasteiger partial charge in [-0.2, -0.15) is 0 Å². The largest absolute Gasteiger partial charge is 0.328 e. The van der Waals surface area contributed by atoms with Crippen molar-refractivity contribution in [2.75, 3.05) is 0 Å². The topological polar surface area (TPSA) is 64.7 Å². The first kappa shape index (κ1) is 10.1. The lowest BCUT2D eigenvalue weighted by Crippen LogP contribution is -2.26. The molecule has 1 aliphatic carbocycles. The minimum absolute atomic E-state index is 0.340. The summed E-state index contributed by atoms with van der Waals surface area (Å²) in [6.07, 6.45) is 8.03. The molecule has 1 fully saturated rings. The molecule has 3 rings (SSSR count). The van der Waals surface area contributed by atoms with Crippen LogP contribution in [0.3, 0.4) is 0 Å². The lowest BCUT2D eigenvalue weighted by atomic mass is 9.87. The third-order valence-electron chi connectivity index (χ3n) is 3.13. The molecule has 0 saturated heterocycles. The number of aromatic nitrogens is 3. The molecule has 2 aromatic rings. The monoisotopic (exact) mass is 234 g/mol. The quantitative estimate of drug-likeness (QED) is 0.820. The standard InChI is InChI=1S/C11H14N4S/c12-8-3-1-2-7(6-8)10-15-9-11(16-10)14-5-4-13-9/h4-5,7-8H,1-3,6,12H2. The van der Waals surface area contributed by atoms with Gasteiger partial charge in [-0.05, 0) is 19.3 Å². The van der Waals surface area contributed by atoms with Crippen LogP contribution in [-0.2, 0) is 0 Å².